The van der Waals surface area contributed by atoms with Gasteiger partial charge in [-0.1, -0.05) is 18.2 Å². The molecule has 2 rings (SSSR count). The SMILES string of the molecule is CCOC(=O)/C(C#N)=C/c1ccc(NS(=O)(=O)c2c(C)c(C)cc(C)c2C)cc1. The molecule has 0 saturated heterocycles. The highest BCUT2D eigenvalue weighted by Crippen LogP contribution is 2.28. The molecule has 1 N–H and O–H groups in total. The van der Waals surface area contributed by atoms with Crippen LogP contribution in [0.5, 0.6) is 0 Å². The van der Waals surface area contributed by atoms with E-state index in [1.165, 1.54) is 6.08 Å². The highest BCUT2D eigenvalue weighted by Gasteiger charge is 2.22. The van der Waals surface area contributed by atoms with Crippen LogP contribution < -0.4 is 4.72 Å². The molecule has 0 unspecified atom stereocenters. The van der Waals surface area contributed by atoms with Crippen LogP contribution in [0, 0.1) is 39.0 Å². The summed E-state index contributed by atoms with van der Waals surface area (Å²) in [4.78, 5) is 12.0. The molecule has 0 bridgehead atoms. The number of aryl methyl sites for hydroxylation is 2. The molecule has 0 aliphatic heterocycles. The first-order valence-electron chi connectivity index (χ1n) is 9.10. The number of nitriles is 1. The maximum Gasteiger partial charge on any atom is 0.348 e. The van der Waals surface area contributed by atoms with Crippen LogP contribution in [0.3, 0.4) is 0 Å². The standard InChI is InChI=1S/C22H24N2O4S/c1-6-28-22(25)19(13-23)12-18-7-9-20(10-8-18)24-29(26,27)21-16(4)14(2)11-15(3)17(21)5/h7-12,24H,6H2,1-5H3/b19-12+. The fourth-order valence-electron chi connectivity index (χ4n) is 2.95. The molecule has 0 aromatic heterocycles. The van der Waals surface area contributed by atoms with Gasteiger partial charge >= 0.3 is 5.97 Å². The molecule has 7 heteroatoms. The number of carbonyl (C=O) groups is 1. The average Bonchev–Trinajstić information content (AvgIpc) is 2.65. The van der Waals surface area contributed by atoms with Crippen LogP contribution in [0.4, 0.5) is 5.69 Å². The average molecular weight is 413 g/mol. The van der Waals surface area contributed by atoms with Crippen molar-refractivity contribution in [3.05, 3.63) is 63.7 Å². The summed E-state index contributed by atoms with van der Waals surface area (Å²) >= 11 is 0. The molecule has 0 saturated carbocycles. The van der Waals surface area contributed by atoms with Crippen molar-refractivity contribution in [2.75, 3.05) is 11.3 Å². The summed E-state index contributed by atoms with van der Waals surface area (Å²) < 4.78 is 33.4. The van der Waals surface area contributed by atoms with Crippen LogP contribution in [0.15, 0.2) is 40.8 Å². The van der Waals surface area contributed by atoms with Gasteiger partial charge in [-0.05, 0) is 80.6 Å². The van der Waals surface area contributed by atoms with Crippen LogP contribution in [0.25, 0.3) is 6.08 Å². The highest BCUT2D eigenvalue weighted by molar-refractivity contribution is 7.92. The van der Waals surface area contributed by atoms with E-state index >= 15 is 0 Å². The van der Waals surface area contributed by atoms with E-state index in [2.05, 4.69) is 4.72 Å². The number of rotatable bonds is 6. The third kappa shape index (κ3) is 5.04. The first kappa shape index (κ1) is 22.2. The van der Waals surface area contributed by atoms with Crippen molar-refractivity contribution in [1.82, 2.24) is 0 Å². The van der Waals surface area contributed by atoms with Gasteiger partial charge in [0, 0.05) is 5.69 Å². The summed E-state index contributed by atoms with van der Waals surface area (Å²) in [5.41, 5.74) is 4.10. The van der Waals surface area contributed by atoms with E-state index in [4.69, 9.17) is 10.00 Å². The van der Waals surface area contributed by atoms with Gasteiger partial charge in [0.15, 0.2) is 0 Å². The third-order valence-electron chi connectivity index (χ3n) is 4.66. The minimum absolute atomic E-state index is 0.123. The van der Waals surface area contributed by atoms with Gasteiger partial charge in [-0.15, -0.1) is 0 Å². The van der Waals surface area contributed by atoms with Gasteiger partial charge in [0.25, 0.3) is 10.0 Å². The fourth-order valence-corrected chi connectivity index (χ4v) is 4.63. The molecule has 0 spiro atoms. The largest absolute Gasteiger partial charge is 0.462 e. The smallest absolute Gasteiger partial charge is 0.348 e. The number of hydrogen-bond donors (Lipinski definition) is 1. The second-order valence-corrected chi connectivity index (χ2v) is 8.33. The Morgan fingerprint density at radius 1 is 1.10 bits per heavy atom. The van der Waals surface area contributed by atoms with E-state index in [9.17, 15) is 13.2 Å². The summed E-state index contributed by atoms with van der Waals surface area (Å²) in [6.45, 7) is 9.20. The molecule has 6 nitrogen and oxygen atoms in total. The van der Waals surface area contributed by atoms with Gasteiger partial charge in [0.05, 0.1) is 11.5 Å². The van der Waals surface area contributed by atoms with Crippen molar-refractivity contribution in [3.63, 3.8) is 0 Å². The van der Waals surface area contributed by atoms with E-state index in [0.29, 0.717) is 22.4 Å². The Morgan fingerprint density at radius 2 is 1.66 bits per heavy atom. The number of carbonyl (C=O) groups excluding carboxylic acids is 1. The van der Waals surface area contributed by atoms with Gasteiger partial charge in [-0.25, -0.2) is 13.2 Å². The molecule has 2 aromatic rings. The zero-order valence-electron chi connectivity index (χ0n) is 17.2. The fraction of sp³-hybridized carbons (Fsp3) is 0.273. The Labute approximate surface area is 171 Å². The normalized spacial score (nSPS) is 11.7. The van der Waals surface area contributed by atoms with Crippen molar-refractivity contribution in [2.24, 2.45) is 0 Å². The Balaban J connectivity index is 2.33. The van der Waals surface area contributed by atoms with Gasteiger partial charge < -0.3 is 4.74 Å². The van der Waals surface area contributed by atoms with Crippen molar-refractivity contribution >= 4 is 27.8 Å². The highest BCUT2D eigenvalue weighted by atomic mass is 32.2. The number of sulfonamides is 1. The summed E-state index contributed by atoms with van der Waals surface area (Å²) in [6.07, 6.45) is 1.40. The van der Waals surface area contributed by atoms with Gasteiger partial charge in [0.2, 0.25) is 0 Å². The van der Waals surface area contributed by atoms with Gasteiger partial charge in [0.1, 0.15) is 11.6 Å². The van der Waals surface area contributed by atoms with Crippen molar-refractivity contribution in [2.45, 2.75) is 39.5 Å². The number of hydrogen-bond acceptors (Lipinski definition) is 5. The minimum Gasteiger partial charge on any atom is -0.462 e. The minimum atomic E-state index is -3.77. The lowest BCUT2D eigenvalue weighted by Crippen LogP contribution is -2.17. The molecular formula is C22H24N2O4S. The predicted octanol–water partition coefficient (Wildman–Crippen LogP) is 4.19. The second kappa shape index (κ2) is 8.93. The zero-order chi connectivity index (χ0) is 21.8. The van der Waals surface area contributed by atoms with E-state index in [0.717, 1.165) is 11.1 Å². The van der Waals surface area contributed by atoms with Crippen molar-refractivity contribution in [1.29, 1.82) is 5.26 Å². The first-order valence-corrected chi connectivity index (χ1v) is 10.6. The number of ether oxygens (including phenoxy) is 1. The summed E-state index contributed by atoms with van der Waals surface area (Å²) in [6, 6.07) is 10.2. The number of anilines is 1. The second-order valence-electron chi connectivity index (χ2n) is 6.71. The maximum absolute atomic E-state index is 13.0. The van der Waals surface area contributed by atoms with Crippen molar-refractivity contribution < 1.29 is 17.9 Å². The molecular weight excluding hydrogens is 388 g/mol. The van der Waals surface area contributed by atoms with Crippen LogP contribution in [0.2, 0.25) is 0 Å². The number of esters is 1. The summed E-state index contributed by atoms with van der Waals surface area (Å²) in [5, 5.41) is 9.10. The Bertz CT molecular complexity index is 1080. The molecule has 0 fully saturated rings. The molecule has 29 heavy (non-hydrogen) atoms. The molecule has 2 aromatic carbocycles. The molecule has 0 heterocycles. The van der Waals surface area contributed by atoms with Crippen LogP contribution in [0.1, 0.15) is 34.7 Å². The molecule has 0 aliphatic carbocycles. The number of nitrogens with zero attached hydrogens (tertiary/aromatic N) is 1. The molecule has 152 valence electrons. The van der Waals surface area contributed by atoms with E-state index in [1.807, 2.05) is 26.0 Å². The Hall–Kier alpha value is -3.11. The van der Waals surface area contributed by atoms with Crippen molar-refractivity contribution in [3.8, 4) is 6.07 Å². The number of benzene rings is 2. The Morgan fingerprint density at radius 3 is 2.14 bits per heavy atom. The first-order chi connectivity index (χ1) is 13.6. The van der Waals surface area contributed by atoms with Gasteiger partial charge in [-0.2, -0.15) is 5.26 Å². The predicted molar refractivity (Wildman–Crippen MR) is 113 cm³/mol. The maximum atomic E-state index is 13.0. The molecule has 0 amide bonds. The molecule has 0 atom stereocenters. The van der Waals surface area contributed by atoms with E-state index in [-0.39, 0.29) is 17.1 Å². The summed E-state index contributed by atoms with van der Waals surface area (Å²) in [5.74, 6) is -0.694. The van der Waals surface area contributed by atoms with E-state index in [1.54, 1.807) is 45.0 Å². The third-order valence-corrected chi connectivity index (χ3v) is 6.31. The lowest BCUT2D eigenvalue weighted by atomic mass is 10.0. The Kier molecular flexibility index (Phi) is 6.83. The monoisotopic (exact) mass is 412 g/mol. The molecule has 0 aliphatic rings. The lowest BCUT2D eigenvalue weighted by Gasteiger charge is -2.16. The quantitative estimate of drug-likeness (QED) is 0.436. The van der Waals surface area contributed by atoms with Crippen LogP contribution >= 0.6 is 0 Å². The molecule has 0 radical (unpaired) electrons. The van der Waals surface area contributed by atoms with Crippen LogP contribution in [-0.4, -0.2) is 21.0 Å². The van der Waals surface area contributed by atoms with Gasteiger partial charge in [-0.3, -0.25) is 4.72 Å². The summed E-state index contributed by atoms with van der Waals surface area (Å²) in [7, 11) is -3.77. The van der Waals surface area contributed by atoms with E-state index < -0.39 is 16.0 Å². The zero-order valence-corrected chi connectivity index (χ0v) is 18.0. The lowest BCUT2D eigenvalue weighted by molar-refractivity contribution is -0.137. The number of nitrogens with one attached hydrogen (secondary N) is 1. The van der Waals surface area contributed by atoms with Crippen LogP contribution in [-0.2, 0) is 19.6 Å². The topological polar surface area (TPSA) is 96.3 Å².